The minimum Gasteiger partial charge on any atom is -0.320 e. The number of aryl methyl sites for hydroxylation is 1. The zero-order valence-electron chi connectivity index (χ0n) is 8.96. The van der Waals surface area contributed by atoms with E-state index in [2.05, 4.69) is 21.2 Å². The van der Waals surface area contributed by atoms with E-state index in [0.717, 1.165) is 9.35 Å². The fourth-order valence-corrected chi connectivity index (χ4v) is 2.81. The van der Waals surface area contributed by atoms with Crippen molar-refractivity contribution in [3.8, 4) is 0 Å². The molecule has 17 heavy (non-hydrogen) atoms. The summed E-state index contributed by atoms with van der Waals surface area (Å²) < 4.78 is 0.929. The molecule has 2 rings (SSSR count). The van der Waals surface area contributed by atoms with Crippen molar-refractivity contribution < 1.29 is 4.79 Å². The molecular formula is C12H9BrClNOS. The third-order valence-corrected chi connectivity index (χ3v) is 4.11. The molecule has 1 N–H and O–H groups in total. The molecule has 2 aromatic rings. The van der Waals surface area contributed by atoms with Gasteiger partial charge in [-0.15, -0.1) is 11.3 Å². The van der Waals surface area contributed by atoms with Crippen molar-refractivity contribution in [2.24, 2.45) is 0 Å². The van der Waals surface area contributed by atoms with Crippen molar-refractivity contribution in [1.82, 2.24) is 0 Å². The third kappa shape index (κ3) is 2.89. The van der Waals surface area contributed by atoms with E-state index in [1.165, 1.54) is 11.3 Å². The molecule has 0 saturated carbocycles. The topological polar surface area (TPSA) is 29.1 Å². The van der Waals surface area contributed by atoms with Gasteiger partial charge in [0.25, 0.3) is 5.91 Å². The number of amides is 1. The van der Waals surface area contributed by atoms with Crippen LogP contribution < -0.4 is 5.32 Å². The molecule has 1 amide bonds. The highest BCUT2D eigenvalue weighted by Crippen LogP contribution is 2.27. The van der Waals surface area contributed by atoms with E-state index in [0.29, 0.717) is 16.3 Å². The molecule has 0 aliphatic carbocycles. The van der Waals surface area contributed by atoms with Gasteiger partial charge in [0.05, 0.1) is 20.1 Å². The summed E-state index contributed by atoms with van der Waals surface area (Å²) in [6.45, 7) is 1.91. The maximum absolute atomic E-state index is 11.9. The molecule has 0 unspecified atom stereocenters. The maximum Gasteiger partial charge on any atom is 0.256 e. The second-order valence-electron chi connectivity index (χ2n) is 3.53. The summed E-state index contributed by atoms with van der Waals surface area (Å²) in [6, 6.07) is 7.30. The quantitative estimate of drug-likeness (QED) is 0.847. The molecule has 1 aromatic heterocycles. The number of carbonyl (C=O) groups excluding carboxylic acids is 1. The van der Waals surface area contributed by atoms with Crippen molar-refractivity contribution in [2.75, 3.05) is 5.32 Å². The van der Waals surface area contributed by atoms with E-state index >= 15 is 0 Å². The number of carbonyl (C=O) groups is 1. The number of halogens is 2. The van der Waals surface area contributed by atoms with Crippen molar-refractivity contribution >= 4 is 50.5 Å². The molecule has 1 aromatic carbocycles. The van der Waals surface area contributed by atoms with E-state index in [1.807, 2.05) is 19.1 Å². The van der Waals surface area contributed by atoms with Gasteiger partial charge in [0.1, 0.15) is 0 Å². The van der Waals surface area contributed by atoms with Gasteiger partial charge in [-0.1, -0.05) is 23.7 Å². The fourth-order valence-electron chi connectivity index (χ4n) is 1.41. The molecule has 0 aliphatic heterocycles. The Labute approximate surface area is 117 Å². The highest BCUT2D eigenvalue weighted by Gasteiger charge is 2.11. The van der Waals surface area contributed by atoms with E-state index < -0.39 is 0 Å². The Balaban J connectivity index is 2.24. The SMILES string of the molecule is Cc1cccc(Cl)c1NC(=O)c1csc(Br)c1. The first-order valence-electron chi connectivity index (χ1n) is 4.88. The van der Waals surface area contributed by atoms with Crippen molar-refractivity contribution in [3.63, 3.8) is 0 Å². The second-order valence-corrected chi connectivity index (χ2v) is 6.22. The minimum absolute atomic E-state index is 0.150. The summed E-state index contributed by atoms with van der Waals surface area (Å²) in [5.74, 6) is -0.150. The smallest absolute Gasteiger partial charge is 0.256 e. The number of anilines is 1. The van der Waals surface area contributed by atoms with Crippen LogP contribution in [-0.4, -0.2) is 5.91 Å². The number of thiophene rings is 1. The lowest BCUT2D eigenvalue weighted by Crippen LogP contribution is -2.12. The first-order valence-corrected chi connectivity index (χ1v) is 6.93. The Morgan fingerprint density at radius 1 is 1.47 bits per heavy atom. The molecule has 2 nitrogen and oxygen atoms in total. The van der Waals surface area contributed by atoms with Gasteiger partial charge >= 0.3 is 0 Å². The van der Waals surface area contributed by atoms with Crippen LogP contribution in [0.2, 0.25) is 5.02 Å². The first kappa shape index (κ1) is 12.6. The van der Waals surface area contributed by atoms with Crippen LogP contribution in [0.5, 0.6) is 0 Å². The zero-order valence-corrected chi connectivity index (χ0v) is 12.1. The molecule has 0 spiro atoms. The second kappa shape index (κ2) is 5.21. The van der Waals surface area contributed by atoms with E-state index in [4.69, 9.17) is 11.6 Å². The first-order chi connectivity index (χ1) is 8.08. The van der Waals surface area contributed by atoms with Crippen LogP contribution in [0.25, 0.3) is 0 Å². The number of para-hydroxylation sites is 1. The van der Waals surface area contributed by atoms with Crippen LogP contribution in [0.1, 0.15) is 15.9 Å². The van der Waals surface area contributed by atoms with Crippen LogP contribution >= 0.6 is 38.9 Å². The summed E-state index contributed by atoms with van der Waals surface area (Å²) in [6.07, 6.45) is 0. The molecule has 0 aliphatic rings. The molecule has 0 saturated heterocycles. The summed E-state index contributed by atoms with van der Waals surface area (Å²) in [5, 5.41) is 5.17. The van der Waals surface area contributed by atoms with Gasteiger partial charge in [-0.2, -0.15) is 0 Å². The lowest BCUT2D eigenvalue weighted by molar-refractivity contribution is 0.102. The Kier molecular flexibility index (Phi) is 3.86. The van der Waals surface area contributed by atoms with Crippen molar-refractivity contribution in [3.05, 3.63) is 49.6 Å². The van der Waals surface area contributed by atoms with Gasteiger partial charge in [-0.05, 0) is 40.5 Å². The number of rotatable bonds is 2. The zero-order chi connectivity index (χ0) is 12.4. The Morgan fingerprint density at radius 3 is 2.82 bits per heavy atom. The van der Waals surface area contributed by atoms with Crippen LogP contribution in [0.15, 0.2) is 33.4 Å². The van der Waals surface area contributed by atoms with Crippen molar-refractivity contribution in [2.45, 2.75) is 6.92 Å². The Hall–Kier alpha value is -0.840. The summed E-state index contributed by atoms with van der Waals surface area (Å²) in [5.41, 5.74) is 2.24. The van der Waals surface area contributed by atoms with Gasteiger partial charge in [-0.3, -0.25) is 4.79 Å². The van der Waals surface area contributed by atoms with Crippen LogP contribution in [0.4, 0.5) is 5.69 Å². The standard InChI is InChI=1S/C12H9BrClNOS/c1-7-3-2-4-9(14)11(7)15-12(16)8-5-10(13)17-6-8/h2-6H,1H3,(H,15,16). The largest absolute Gasteiger partial charge is 0.320 e. The summed E-state index contributed by atoms with van der Waals surface area (Å²) in [4.78, 5) is 11.9. The summed E-state index contributed by atoms with van der Waals surface area (Å²) in [7, 11) is 0. The molecule has 5 heteroatoms. The average molecular weight is 331 g/mol. The summed E-state index contributed by atoms with van der Waals surface area (Å²) >= 11 is 10.8. The van der Waals surface area contributed by atoms with E-state index in [9.17, 15) is 4.79 Å². The lowest BCUT2D eigenvalue weighted by Gasteiger charge is -2.09. The van der Waals surface area contributed by atoms with E-state index in [1.54, 1.807) is 17.5 Å². The van der Waals surface area contributed by atoms with Crippen LogP contribution in [0, 0.1) is 6.92 Å². The van der Waals surface area contributed by atoms with Gasteiger partial charge in [-0.25, -0.2) is 0 Å². The van der Waals surface area contributed by atoms with E-state index in [-0.39, 0.29) is 5.91 Å². The fraction of sp³-hybridized carbons (Fsp3) is 0.0833. The average Bonchev–Trinajstić information content (AvgIpc) is 2.70. The van der Waals surface area contributed by atoms with Gasteiger partial charge in [0.15, 0.2) is 0 Å². The number of hydrogen-bond donors (Lipinski definition) is 1. The predicted molar refractivity (Wildman–Crippen MR) is 76.2 cm³/mol. The molecule has 88 valence electrons. The maximum atomic E-state index is 11.9. The predicted octanol–water partition coefficient (Wildman–Crippen LogP) is 4.72. The lowest BCUT2D eigenvalue weighted by atomic mass is 10.2. The Bertz CT molecular complexity index is 547. The third-order valence-electron chi connectivity index (χ3n) is 2.29. The van der Waals surface area contributed by atoms with Crippen molar-refractivity contribution in [1.29, 1.82) is 0 Å². The van der Waals surface area contributed by atoms with Crippen LogP contribution in [0.3, 0.4) is 0 Å². The number of hydrogen-bond acceptors (Lipinski definition) is 2. The van der Waals surface area contributed by atoms with Gasteiger partial charge in [0, 0.05) is 5.38 Å². The molecule has 0 fully saturated rings. The highest BCUT2D eigenvalue weighted by molar-refractivity contribution is 9.11. The number of benzene rings is 1. The molecule has 0 atom stereocenters. The number of nitrogens with one attached hydrogen (secondary N) is 1. The molecule has 1 heterocycles. The normalized spacial score (nSPS) is 10.3. The molecular weight excluding hydrogens is 322 g/mol. The molecule has 0 bridgehead atoms. The monoisotopic (exact) mass is 329 g/mol. The van der Waals surface area contributed by atoms with Crippen LogP contribution in [-0.2, 0) is 0 Å². The molecule has 0 radical (unpaired) electrons. The minimum atomic E-state index is -0.150. The Morgan fingerprint density at radius 2 is 2.24 bits per heavy atom. The van der Waals surface area contributed by atoms with Gasteiger partial charge in [0.2, 0.25) is 0 Å². The van der Waals surface area contributed by atoms with Gasteiger partial charge < -0.3 is 5.32 Å². The highest BCUT2D eigenvalue weighted by atomic mass is 79.9.